The van der Waals surface area contributed by atoms with Gasteiger partial charge in [0.05, 0.1) is 17.8 Å². The highest BCUT2D eigenvalue weighted by Crippen LogP contribution is 2.33. The van der Waals surface area contributed by atoms with Crippen LogP contribution in [0.5, 0.6) is 0 Å². The quantitative estimate of drug-likeness (QED) is 0.794. The highest BCUT2D eigenvalue weighted by molar-refractivity contribution is 6.52. The monoisotopic (exact) mass is 283 g/mol. The summed E-state index contributed by atoms with van der Waals surface area (Å²) in [6.45, 7) is 3.85. The van der Waals surface area contributed by atoms with Crippen LogP contribution in [-0.2, 0) is 11.3 Å². The molecule has 106 valence electrons. The third-order valence-electron chi connectivity index (χ3n) is 3.62. The maximum Gasteiger partial charge on any atom is 0.299 e. The molecule has 0 aromatic heterocycles. The van der Waals surface area contributed by atoms with Gasteiger partial charge in [0.25, 0.3) is 11.7 Å². The van der Waals surface area contributed by atoms with Crippen LogP contribution in [0.2, 0.25) is 0 Å². The van der Waals surface area contributed by atoms with E-state index in [1.165, 1.54) is 11.0 Å². The molecule has 1 amide bonds. The number of hydrogen-bond acceptors (Lipinski definition) is 2. The van der Waals surface area contributed by atoms with E-state index in [4.69, 9.17) is 0 Å². The minimum absolute atomic E-state index is 0.0937. The fraction of sp³-hybridized carbons (Fsp3) is 0.176. The first-order valence-electron chi connectivity index (χ1n) is 6.69. The second-order valence-corrected chi connectivity index (χ2v) is 5.35. The van der Waals surface area contributed by atoms with Crippen molar-refractivity contribution in [2.24, 2.45) is 0 Å². The molecular weight excluding hydrogens is 269 g/mol. The van der Waals surface area contributed by atoms with E-state index in [-0.39, 0.29) is 17.8 Å². The van der Waals surface area contributed by atoms with Crippen LogP contribution in [0, 0.1) is 19.7 Å². The van der Waals surface area contributed by atoms with Crippen LogP contribution in [0.4, 0.5) is 10.1 Å². The van der Waals surface area contributed by atoms with Crippen molar-refractivity contribution >= 4 is 17.4 Å². The Morgan fingerprint density at radius 3 is 2.33 bits per heavy atom. The van der Waals surface area contributed by atoms with Gasteiger partial charge in [-0.05, 0) is 37.1 Å². The van der Waals surface area contributed by atoms with Gasteiger partial charge in [-0.3, -0.25) is 14.5 Å². The summed E-state index contributed by atoms with van der Waals surface area (Å²) in [7, 11) is 0. The van der Waals surface area contributed by atoms with Crippen molar-refractivity contribution in [1.29, 1.82) is 0 Å². The summed E-state index contributed by atoms with van der Waals surface area (Å²) in [5, 5.41) is 0. The van der Waals surface area contributed by atoms with Crippen LogP contribution >= 0.6 is 0 Å². The first kappa shape index (κ1) is 13.5. The smallest absolute Gasteiger partial charge is 0.298 e. The largest absolute Gasteiger partial charge is 0.299 e. The zero-order chi connectivity index (χ0) is 15.1. The predicted octanol–water partition coefficient (Wildman–Crippen LogP) is 3.17. The number of rotatable bonds is 2. The molecule has 1 heterocycles. The van der Waals surface area contributed by atoms with Crippen LogP contribution in [-0.4, -0.2) is 11.7 Å². The van der Waals surface area contributed by atoms with Gasteiger partial charge in [0, 0.05) is 0 Å². The molecule has 0 bridgehead atoms. The van der Waals surface area contributed by atoms with E-state index in [9.17, 15) is 14.0 Å². The fourth-order valence-electron chi connectivity index (χ4n) is 2.55. The van der Waals surface area contributed by atoms with Gasteiger partial charge in [0.1, 0.15) is 5.82 Å². The van der Waals surface area contributed by atoms with E-state index in [0.717, 1.165) is 11.1 Å². The Hall–Kier alpha value is -2.49. The van der Waals surface area contributed by atoms with Crippen LogP contribution in [0.25, 0.3) is 0 Å². The van der Waals surface area contributed by atoms with Crippen molar-refractivity contribution in [3.05, 3.63) is 64.5 Å². The molecule has 0 radical (unpaired) electrons. The fourth-order valence-corrected chi connectivity index (χ4v) is 2.55. The molecule has 2 aromatic carbocycles. The minimum atomic E-state index is -0.671. The number of ketones is 1. The number of anilines is 1. The zero-order valence-electron chi connectivity index (χ0n) is 11.8. The topological polar surface area (TPSA) is 37.4 Å². The van der Waals surface area contributed by atoms with Crippen LogP contribution in [0.1, 0.15) is 27.0 Å². The van der Waals surface area contributed by atoms with E-state index in [1.54, 1.807) is 13.0 Å². The number of nitrogens with zero attached hydrogens (tertiary/aromatic N) is 1. The molecule has 1 aliphatic heterocycles. The summed E-state index contributed by atoms with van der Waals surface area (Å²) in [5.41, 5.74) is 2.84. The van der Waals surface area contributed by atoms with E-state index in [0.29, 0.717) is 5.56 Å². The summed E-state index contributed by atoms with van der Waals surface area (Å²) in [6.07, 6.45) is 0. The van der Waals surface area contributed by atoms with Gasteiger partial charge in [0.2, 0.25) is 0 Å². The molecule has 0 saturated carbocycles. The van der Waals surface area contributed by atoms with Gasteiger partial charge >= 0.3 is 0 Å². The molecule has 2 aromatic rings. The number of fused-ring (bicyclic) bond motifs is 1. The summed E-state index contributed by atoms with van der Waals surface area (Å²) in [5.74, 6) is -1.84. The molecule has 0 saturated heterocycles. The van der Waals surface area contributed by atoms with E-state index in [2.05, 4.69) is 0 Å². The Bertz CT molecular complexity index is 750. The molecule has 3 rings (SSSR count). The third kappa shape index (κ3) is 2.23. The molecule has 0 aliphatic carbocycles. The molecular formula is C17H14FNO2. The number of carbonyl (C=O) groups is 2. The normalized spacial score (nSPS) is 13.8. The molecule has 0 unspecified atom stereocenters. The molecule has 0 atom stereocenters. The molecule has 4 heteroatoms. The van der Waals surface area contributed by atoms with Crippen molar-refractivity contribution in [2.45, 2.75) is 20.4 Å². The lowest BCUT2D eigenvalue weighted by Gasteiger charge is -2.17. The summed E-state index contributed by atoms with van der Waals surface area (Å²) < 4.78 is 14.2. The second-order valence-electron chi connectivity index (χ2n) is 5.35. The standard InChI is InChI=1S/C17H14FNO2/c1-10-3-5-12(6-4-10)9-19-15-13(16(20)17(19)21)7-11(2)8-14(15)18/h3-8H,9H2,1-2H3. The molecule has 21 heavy (non-hydrogen) atoms. The van der Waals surface area contributed by atoms with Gasteiger partial charge in [-0.1, -0.05) is 29.8 Å². The number of hydrogen-bond donors (Lipinski definition) is 0. The average Bonchev–Trinajstić information content (AvgIpc) is 2.67. The van der Waals surface area contributed by atoms with Gasteiger partial charge in [0.15, 0.2) is 0 Å². The summed E-state index contributed by atoms with van der Waals surface area (Å²) >= 11 is 0. The molecule has 3 nitrogen and oxygen atoms in total. The summed E-state index contributed by atoms with van der Waals surface area (Å²) in [6, 6.07) is 10.5. The maximum atomic E-state index is 14.2. The number of benzene rings is 2. The second kappa shape index (κ2) is 4.81. The van der Waals surface area contributed by atoms with E-state index < -0.39 is 17.5 Å². The average molecular weight is 283 g/mol. The lowest BCUT2D eigenvalue weighted by molar-refractivity contribution is -0.114. The molecule has 1 aliphatic rings. The number of amides is 1. The Labute approximate surface area is 122 Å². The van der Waals surface area contributed by atoms with Crippen LogP contribution < -0.4 is 4.90 Å². The van der Waals surface area contributed by atoms with Gasteiger partial charge in [-0.2, -0.15) is 0 Å². The van der Waals surface area contributed by atoms with Gasteiger partial charge < -0.3 is 0 Å². The third-order valence-corrected chi connectivity index (χ3v) is 3.62. The van der Waals surface area contributed by atoms with Crippen molar-refractivity contribution in [2.75, 3.05) is 4.90 Å². The zero-order valence-corrected chi connectivity index (χ0v) is 11.8. The van der Waals surface area contributed by atoms with Crippen molar-refractivity contribution in [1.82, 2.24) is 0 Å². The molecule has 0 spiro atoms. The highest BCUT2D eigenvalue weighted by atomic mass is 19.1. The van der Waals surface area contributed by atoms with Gasteiger partial charge in [-0.15, -0.1) is 0 Å². The molecule has 0 N–H and O–H groups in total. The van der Waals surface area contributed by atoms with Crippen molar-refractivity contribution in [3.8, 4) is 0 Å². The number of Topliss-reactive ketones (excluding diaryl/α,β-unsaturated/α-hetero) is 1. The number of aryl methyl sites for hydroxylation is 2. The number of halogens is 1. The SMILES string of the molecule is Cc1ccc(CN2C(=O)C(=O)c3cc(C)cc(F)c32)cc1. The lowest BCUT2D eigenvalue weighted by Crippen LogP contribution is -2.29. The Morgan fingerprint density at radius 1 is 1.00 bits per heavy atom. The summed E-state index contributed by atoms with van der Waals surface area (Å²) in [4.78, 5) is 25.3. The van der Waals surface area contributed by atoms with E-state index in [1.807, 2.05) is 31.2 Å². The number of carbonyl (C=O) groups excluding carboxylic acids is 2. The lowest BCUT2D eigenvalue weighted by atomic mass is 10.1. The first-order chi connectivity index (χ1) is 9.97. The highest BCUT2D eigenvalue weighted by Gasteiger charge is 2.38. The predicted molar refractivity (Wildman–Crippen MR) is 77.8 cm³/mol. The van der Waals surface area contributed by atoms with Gasteiger partial charge in [-0.25, -0.2) is 4.39 Å². The van der Waals surface area contributed by atoms with Crippen molar-refractivity contribution in [3.63, 3.8) is 0 Å². The first-order valence-corrected chi connectivity index (χ1v) is 6.69. The van der Waals surface area contributed by atoms with E-state index >= 15 is 0 Å². The Kier molecular flexibility index (Phi) is 3.09. The van der Waals surface area contributed by atoms with Crippen molar-refractivity contribution < 1.29 is 14.0 Å². The van der Waals surface area contributed by atoms with Crippen LogP contribution in [0.3, 0.4) is 0 Å². The maximum absolute atomic E-state index is 14.2. The molecule has 0 fully saturated rings. The Morgan fingerprint density at radius 2 is 1.67 bits per heavy atom. The minimum Gasteiger partial charge on any atom is -0.298 e. The Balaban J connectivity index is 2.03. The van der Waals surface area contributed by atoms with Crippen LogP contribution in [0.15, 0.2) is 36.4 Å².